The first-order valence-electron chi connectivity index (χ1n) is 12.2. The predicted molar refractivity (Wildman–Crippen MR) is 130 cm³/mol. The maximum Gasteiger partial charge on any atom is 0.237 e. The predicted octanol–water partition coefficient (Wildman–Crippen LogP) is -0.173. The van der Waals surface area contributed by atoms with Gasteiger partial charge >= 0.3 is 0 Å². The molecule has 0 saturated carbocycles. The van der Waals surface area contributed by atoms with E-state index in [0.29, 0.717) is 79.2 Å². The summed E-state index contributed by atoms with van der Waals surface area (Å²) in [5, 5.41) is 5.41. The number of carbonyl (C=O) groups excluding carboxylic acids is 2. The maximum absolute atomic E-state index is 12.0. The average Bonchev–Trinajstić information content (AvgIpc) is 2.83. The molecule has 0 aliphatic carbocycles. The normalized spacial score (nSPS) is 13.1. The molecule has 12 nitrogen and oxygen atoms in total. The van der Waals surface area contributed by atoms with Gasteiger partial charge in [0.05, 0.1) is 78.2 Å². The molecule has 12 heteroatoms. The summed E-state index contributed by atoms with van der Waals surface area (Å²) in [6.45, 7) is 11.0. The number of nitrogens with one attached hydrogen (secondary N) is 2. The number of hydrogen-bond donors (Lipinski definition) is 3. The van der Waals surface area contributed by atoms with Crippen molar-refractivity contribution in [2.75, 3.05) is 86.3 Å². The van der Waals surface area contributed by atoms with Crippen LogP contribution in [-0.4, -0.2) is 117 Å². The highest BCUT2D eigenvalue weighted by Gasteiger charge is 2.14. The van der Waals surface area contributed by atoms with Gasteiger partial charge in [-0.15, -0.1) is 0 Å². The maximum atomic E-state index is 12.0. The van der Waals surface area contributed by atoms with Crippen molar-refractivity contribution in [1.82, 2.24) is 10.6 Å². The molecule has 0 radical (unpaired) electrons. The van der Waals surface area contributed by atoms with Crippen molar-refractivity contribution < 1.29 is 42.7 Å². The second kappa shape index (κ2) is 24.3. The number of methoxy groups -OCH3 is 1. The van der Waals surface area contributed by atoms with Crippen molar-refractivity contribution >= 4 is 11.8 Å². The Labute approximate surface area is 209 Å². The molecular weight excluding hydrogens is 462 g/mol. The van der Waals surface area contributed by atoms with E-state index in [2.05, 4.69) is 10.6 Å². The SMILES string of the molecule is COCCOCCNC(=O)CCC(N)C(=O)NCCOCCOC(C)OCCOCCOC(C)C. The van der Waals surface area contributed by atoms with E-state index in [4.69, 9.17) is 38.9 Å². The molecular formula is C23H47N3O9. The third-order valence-corrected chi connectivity index (χ3v) is 4.40. The fourth-order valence-corrected chi connectivity index (χ4v) is 2.53. The first-order valence-corrected chi connectivity index (χ1v) is 12.2. The Morgan fingerprint density at radius 3 is 1.80 bits per heavy atom. The van der Waals surface area contributed by atoms with Crippen molar-refractivity contribution in [2.24, 2.45) is 5.73 Å². The molecule has 0 saturated heterocycles. The molecule has 0 fully saturated rings. The van der Waals surface area contributed by atoms with Crippen molar-refractivity contribution in [2.45, 2.75) is 52.0 Å². The van der Waals surface area contributed by atoms with Gasteiger partial charge in [-0.2, -0.15) is 0 Å². The Morgan fingerprint density at radius 2 is 1.23 bits per heavy atom. The smallest absolute Gasteiger partial charge is 0.237 e. The van der Waals surface area contributed by atoms with Crippen LogP contribution in [0.15, 0.2) is 0 Å². The first kappa shape index (κ1) is 33.6. The van der Waals surface area contributed by atoms with Gasteiger partial charge in [0.2, 0.25) is 11.8 Å². The number of hydrogen-bond acceptors (Lipinski definition) is 10. The fraction of sp³-hybridized carbons (Fsp3) is 0.913. The molecule has 0 aliphatic heterocycles. The Morgan fingerprint density at radius 1 is 0.714 bits per heavy atom. The van der Waals surface area contributed by atoms with Gasteiger partial charge in [-0.1, -0.05) is 0 Å². The van der Waals surface area contributed by atoms with Gasteiger partial charge in [0.15, 0.2) is 6.29 Å². The summed E-state index contributed by atoms with van der Waals surface area (Å²) >= 11 is 0. The topological polar surface area (TPSA) is 149 Å². The minimum atomic E-state index is -0.758. The number of carbonyl (C=O) groups is 2. The lowest BCUT2D eigenvalue weighted by molar-refractivity contribution is -0.148. The van der Waals surface area contributed by atoms with E-state index >= 15 is 0 Å². The summed E-state index contributed by atoms with van der Waals surface area (Å²) in [5.74, 6) is -0.491. The second-order valence-electron chi connectivity index (χ2n) is 7.84. The Kier molecular flexibility index (Phi) is 23.4. The minimum Gasteiger partial charge on any atom is -0.382 e. The van der Waals surface area contributed by atoms with E-state index in [0.717, 1.165) is 0 Å². The second-order valence-corrected chi connectivity index (χ2v) is 7.84. The summed E-state index contributed by atoms with van der Waals surface area (Å²) in [5.41, 5.74) is 5.84. The highest BCUT2D eigenvalue weighted by Crippen LogP contribution is 1.96. The van der Waals surface area contributed by atoms with Gasteiger partial charge in [0.1, 0.15) is 0 Å². The fourth-order valence-electron chi connectivity index (χ4n) is 2.53. The molecule has 35 heavy (non-hydrogen) atoms. The number of ether oxygens (including phenoxy) is 7. The molecule has 4 N–H and O–H groups in total. The minimum absolute atomic E-state index is 0.166. The van der Waals surface area contributed by atoms with E-state index in [9.17, 15) is 9.59 Å². The zero-order chi connectivity index (χ0) is 26.2. The van der Waals surface area contributed by atoms with E-state index in [1.54, 1.807) is 14.0 Å². The van der Waals surface area contributed by atoms with Crippen LogP contribution in [-0.2, 0) is 42.7 Å². The highest BCUT2D eigenvalue weighted by molar-refractivity contribution is 5.82. The largest absolute Gasteiger partial charge is 0.382 e. The lowest BCUT2D eigenvalue weighted by Crippen LogP contribution is -2.42. The van der Waals surface area contributed by atoms with Gasteiger partial charge in [0.25, 0.3) is 0 Å². The Balaban J connectivity index is 3.52. The summed E-state index contributed by atoms with van der Waals surface area (Å²) in [7, 11) is 1.59. The van der Waals surface area contributed by atoms with Crippen LogP contribution in [0.1, 0.15) is 33.6 Å². The zero-order valence-corrected chi connectivity index (χ0v) is 21.9. The van der Waals surface area contributed by atoms with Crippen LogP contribution < -0.4 is 16.4 Å². The summed E-state index contributed by atoms with van der Waals surface area (Å²) < 4.78 is 37.3. The first-order chi connectivity index (χ1) is 16.9. The van der Waals surface area contributed by atoms with Crippen molar-refractivity contribution in [3.8, 4) is 0 Å². The van der Waals surface area contributed by atoms with Crippen LogP contribution in [0.4, 0.5) is 0 Å². The molecule has 2 unspecified atom stereocenters. The van der Waals surface area contributed by atoms with Crippen LogP contribution in [0.25, 0.3) is 0 Å². The summed E-state index contributed by atoms with van der Waals surface area (Å²) in [4.78, 5) is 23.8. The average molecular weight is 510 g/mol. The van der Waals surface area contributed by atoms with Gasteiger partial charge in [-0.25, -0.2) is 0 Å². The quantitative estimate of drug-likeness (QED) is 0.112. The third-order valence-electron chi connectivity index (χ3n) is 4.40. The molecule has 2 amide bonds. The molecule has 0 aliphatic rings. The van der Waals surface area contributed by atoms with Gasteiger partial charge in [-0.05, 0) is 27.2 Å². The standard InChI is InChI=1S/C23H47N3O9/c1-19(2)33-16-13-32-15-18-35-20(3)34-17-14-31-10-8-26-23(28)21(24)5-6-22(27)25-7-9-30-12-11-29-4/h19-21H,5-18,24H2,1-4H3,(H,25,27)(H,26,28). The highest BCUT2D eigenvalue weighted by atomic mass is 16.7. The van der Waals surface area contributed by atoms with Crippen LogP contribution in [0, 0.1) is 0 Å². The van der Waals surface area contributed by atoms with E-state index in [1.165, 1.54) is 0 Å². The molecule has 0 spiro atoms. The molecule has 0 bridgehead atoms. The van der Waals surface area contributed by atoms with E-state index in [-0.39, 0.29) is 37.0 Å². The molecule has 0 aromatic heterocycles. The van der Waals surface area contributed by atoms with Crippen molar-refractivity contribution in [1.29, 1.82) is 0 Å². The van der Waals surface area contributed by atoms with Crippen LogP contribution in [0.2, 0.25) is 0 Å². The molecule has 0 aromatic rings. The number of nitrogens with two attached hydrogens (primary N) is 1. The van der Waals surface area contributed by atoms with Crippen LogP contribution in [0.5, 0.6) is 0 Å². The third kappa shape index (κ3) is 24.1. The molecule has 0 heterocycles. The Hall–Kier alpha value is -1.38. The van der Waals surface area contributed by atoms with Gasteiger partial charge in [0, 0.05) is 26.6 Å². The van der Waals surface area contributed by atoms with Gasteiger partial charge < -0.3 is 49.5 Å². The van der Waals surface area contributed by atoms with Crippen molar-refractivity contribution in [3.05, 3.63) is 0 Å². The molecule has 0 rings (SSSR count). The molecule has 0 aromatic carbocycles. The summed E-state index contributed by atoms with van der Waals surface area (Å²) in [6.07, 6.45) is 0.254. The number of rotatable bonds is 25. The van der Waals surface area contributed by atoms with Gasteiger partial charge in [-0.3, -0.25) is 9.59 Å². The molecule has 208 valence electrons. The lowest BCUT2D eigenvalue weighted by atomic mass is 10.1. The Bertz CT molecular complexity index is 513. The van der Waals surface area contributed by atoms with Crippen molar-refractivity contribution in [3.63, 3.8) is 0 Å². The van der Waals surface area contributed by atoms with Crippen LogP contribution >= 0.6 is 0 Å². The number of amides is 2. The summed E-state index contributed by atoms with van der Waals surface area (Å²) in [6, 6.07) is -0.758. The molecule has 2 atom stereocenters. The van der Waals surface area contributed by atoms with Crippen LogP contribution in [0.3, 0.4) is 0 Å². The van der Waals surface area contributed by atoms with E-state index in [1.807, 2.05) is 13.8 Å². The zero-order valence-electron chi connectivity index (χ0n) is 21.9. The lowest BCUT2D eigenvalue weighted by Gasteiger charge is -2.15. The monoisotopic (exact) mass is 509 g/mol. The van der Waals surface area contributed by atoms with E-state index < -0.39 is 6.04 Å².